The van der Waals surface area contributed by atoms with E-state index in [0.717, 1.165) is 16.4 Å². The topological polar surface area (TPSA) is 118 Å². The van der Waals surface area contributed by atoms with E-state index in [1.807, 2.05) is 0 Å². The van der Waals surface area contributed by atoms with Gasteiger partial charge in [-0.2, -0.15) is 4.31 Å². The fraction of sp³-hybridized carbons (Fsp3) is 0.400. The molecule has 3 rings (SSSR count). The number of ether oxygens (including phenoxy) is 1. The largest absolute Gasteiger partial charge is 0.469 e. The molecule has 2 heterocycles. The number of hydrogen-bond donors (Lipinski definition) is 2. The van der Waals surface area contributed by atoms with Crippen LogP contribution in [0.2, 0.25) is 0 Å². The summed E-state index contributed by atoms with van der Waals surface area (Å²) in [6.07, 6.45) is 1.43. The maximum Gasteiger partial charge on any atom is 0.309 e. The Hall–Kier alpha value is -2.76. The van der Waals surface area contributed by atoms with Gasteiger partial charge in [-0.15, -0.1) is 0 Å². The highest BCUT2D eigenvalue weighted by Gasteiger charge is 2.35. The van der Waals surface area contributed by atoms with E-state index < -0.39 is 33.9 Å². The molecule has 1 unspecified atom stereocenters. The molecular weight excluding hydrogens is 429 g/mol. The van der Waals surface area contributed by atoms with E-state index in [-0.39, 0.29) is 30.1 Å². The van der Waals surface area contributed by atoms with Gasteiger partial charge in [0.2, 0.25) is 10.0 Å². The Balaban J connectivity index is 1.59. The van der Waals surface area contributed by atoms with Gasteiger partial charge in [0.15, 0.2) is 0 Å². The highest BCUT2D eigenvalue weighted by molar-refractivity contribution is 7.89. The zero-order valence-electron chi connectivity index (χ0n) is 17.0. The van der Waals surface area contributed by atoms with Gasteiger partial charge in [0.25, 0.3) is 0 Å². The first-order valence-corrected chi connectivity index (χ1v) is 11.2. The fourth-order valence-corrected chi connectivity index (χ4v) is 5.00. The van der Waals surface area contributed by atoms with Crippen molar-refractivity contribution in [2.24, 2.45) is 0 Å². The SMILES string of the molecule is Cc1cc(F)ccc1S(=O)(=O)N1CCCOC1CNC(=O)C(=O)NCCc1ccco1. The lowest BCUT2D eigenvalue weighted by Crippen LogP contribution is -2.53. The molecular formula is C20H24FN3O6S. The standard InChI is InChI=1S/C20H24FN3O6S/c1-14-12-15(21)5-6-17(14)31(27,28)24-9-3-11-30-18(24)13-23-20(26)19(25)22-8-7-16-4-2-10-29-16/h2,4-6,10,12,18H,3,7-9,11,13H2,1H3,(H,22,25)(H,23,26). The molecule has 1 aromatic carbocycles. The van der Waals surface area contributed by atoms with Crippen molar-refractivity contribution in [3.8, 4) is 0 Å². The van der Waals surface area contributed by atoms with Crippen molar-refractivity contribution in [1.82, 2.24) is 14.9 Å². The number of nitrogens with zero attached hydrogens (tertiary/aromatic N) is 1. The van der Waals surface area contributed by atoms with Crippen molar-refractivity contribution in [1.29, 1.82) is 0 Å². The van der Waals surface area contributed by atoms with E-state index in [1.54, 1.807) is 12.1 Å². The first-order chi connectivity index (χ1) is 14.8. The molecule has 0 spiro atoms. The Bertz CT molecular complexity index is 1030. The third-order valence-electron chi connectivity index (χ3n) is 4.76. The third-order valence-corrected chi connectivity index (χ3v) is 6.81. The van der Waals surface area contributed by atoms with Crippen LogP contribution in [0.5, 0.6) is 0 Å². The molecule has 2 N–H and O–H groups in total. The number of amides is 2. The fourth-order valence-electron chi connectivity index (χ4n) is 3.23. The average molecular weight is 453 g/mol. The van der Waals surface area contributed by atoms with E-state index >= 15 is 0 Å². The summed E-state index contributed by atoms with van der Waals surface area (Å²) in [5, 5.41) is 4.88. The molecule has 2 aromatic rings. The molecule has 1 atom stereocenters. The Morgan fingerprint density at radius 1 is 1.23 bits per heavy atom. The molecule has 9 nitrogen and oxygen atoms in total. The molecule has 1 fully saturated rings. The molecule has 2 amide bonds. The summed E-state index contributed by atoms with van der Waals surface area (Å²) >= 11 is 0. The van der Waals surface area contributed by atoms with Crippen molar-refractivity contribution < 1.29 is 31.6 Å². The molecule has 0 aliphatic carbocycles. The number of halogens is 1. The molecule has 1 saturated heterocycles. The van der Waals surface area contributed by atoms with Gasteiger partial charge >= 0.3 is 11.8 Å². The second kappa shape index (κ2) is 10.0. The summed E-state index contributed by atoms with van der Waals surface area (Å²) in [5.74, 6) is -1.60. The number of furan rings is 1. The highest BCUT2D eigenvalue weighted by atomic mass is 32.2. The van der Waals surface area contributed by atoms with Gasteiger partial charge in [0, 0.05) is 19.5 Å². The summed E-state index contributed by atoms with van der Waals surface area (Å²) in [5.41, 5.74) is 0.268. The lowest BCUT2D eigenvalue weighted by molar-refractivity contribution is -0.140. The first-order valence-electron chi connectivity index (χ1n) is 9.77. The van der Waals surface area contributed by atoms with E-state index in [0.29, 0.717) is 25.2 Å². The monoisotopic (exact) mass is 453 g/mol. The molecule has 168 valence electrons. The minimum absolute atomic E-state index is 0.0357. The van der Waals surface area contributed by atoms with Gasteiger partial charge in [-0.05, 0) is 49.2 Å². The van der Waals surface area contributed by atoms with E-state index in [9.17, 15) is 22.4 Å². The predicted molar refractivity (Wildman–Crippen MR) is 108 cm³/mol. The number of carbonyl (C=O) groups excluding carboxylic acids is 2. The molecule has 1 aliphatic heterocycles. The maximum absolute atomic E-state index is 13.4. The predicted octanol–water partition coefficient (Wildman–Crippen LogP) is 0.939. The Labute approximate surface area is 179 Å². The lowest BCUT2D eigenvalue weighted by atomic mass is 10.2. The number of hydrogen-bond acceptors (Lipinski definition) is 6. The highest BCUT2D eigenvalue weighted by Crippen LogP contribution is 2.25. The quantitative estimate of drug-likeness (QED) is 0.603. The number of sulfonamides is 1. The van der Waals surface area contributed by atoms with Crippen LogP contribution in [0, 0.1) is 12.7 Å². The number of aryl methyl sites for hydroxylation is 1. The maximum atomic E-state index is 13.4. The van der Waals surface area contributed by atoms with Crippen molar-refractivity contribution in [2.75, 3.05) is 26.2 Å². The van der Waals surface area contributed by atoms with Crippen LogP contribution in [0.25, 0.3) is 0 Å². The van der Waals surface area contributed by atoms with E-state index in [1.165, 1.54) is 19.3 Å². The minimum atomic E-state index is -3.99. The molecule has 31 heavy (non-hydrogen) atoms. The molecule has 0 saturated carbocycles. The van der Waals surface area contributed by atoms with Crippen LogP contribution in [0.3, 0.4) is 0 Å². The number of nitrogens with one attached hydrogen (secondary N) is 2. The normalized spacial score (nSPS) is 17.3. The van der Waals surface area contributed by atoms with Crippen LogP contribution in [0.15, 0.2) is 45.9 Å². The first kappa shape index (κ1) is 22.9. The zero-order valence-corrected chi connectivity index (χ0v) is 17.8. The van der Waals surface area contributed by atoms with Crippen LogP contribution in [-0.4, -0.2) is 57.0 Å². The van der Waals surface area contributed by atoms with Crippen molar-refractivity contribution in [2.45, 2.75) is 30.9 Å². The van der Waals surface area contributed by atoms with Crippen molar-refractivity contribution in [3.05, 3.63) is 53.7 Å². The van der Waals surface area contributed by atoms with E-state index in [2.05, 4.69) is 10.6 Å². The molecule has 1 aromatic heterocycles. The van der Waals surface area contributed by atoms with Gasteiger partial charge < -0.3 is 19.8 Å². The second-order valence-electron chi connectivity index (χ2n) is 7.00. The molecule has 1 aliphatic rings. The Morgan fingerprint density at radius 3 is 2.71 bits per heavy atom. The lowest BCUT2D eigenvalue weighted by Gasteiger charge is -2.34. The Kier molecular flexibility index (Phi) is 7.42. The molecule has 11 heteroatoms. The Morgan fingerprint density at radius 2 is 2.00 bits per heavy atom. The second-order valence-corrected chi connectivity index (χ2v) is 8.86. The third kappa shape index (κ3) is 5.69. The van der Waals surface area contributed by atoms with Gasteiger partial charge in [-0.25, -0.2) is 12.8 Å². The van der Waals surface area contributed by atoms with Crippen LogP contribution in [0.4, 0.5) is 4.39 Å². The smallest absolute Gasteiger partial charge is 0.309 e. The number of rotatable bonds is 7. The summed E-state index contributed by atoms with van der Waals surface area (Å²) in [6, 6.07) is 6.90. The summed E-state index contributed by atoms with van der Waals surface area (Å²) in [4.78, 5) is 24.0. The summed E-state index contributed by atoms with van der Waals surface area (Å²) < 4.78 is 51.4. The number of carbonyl (C=O) groups is 2. The van der Waals surface area contributed by atoms with Crippen LogP contribution < -0.4 is 10.6 Å². The molecule has 0 bridgehead atoms. The minimum Gasteiger partial charge on any atom is -0.469 e. The summed E-state index contributed by atoms with van der Waals surface area (Å²) in [6.45, 7) is 2.00. The molecule has 0 radical (unpaired) electrons. The summed E-state index contributed by atoms with van der Waals surface area (Å²) in [7, 11) is -3.99. The van der Waals surface area contributed by atoms with E-state index in [4.69, 9.17) is 9.15 Å². The van der Waals surface area contributed by atoms with Crippen LogP contribution >= 0.6 is 0 Å². The van der Waals surface area contributed by atoms with Crippen molar-refractivity contribution >= 4 is 21.8 Å². The van der Waals surface area contributed by atoms with Gasteiger partial charge in [0.1, 0.15) is 17.8 Å². The van der Waals surface area contributed by atoms with Crippen molar-refractivity contribution in [3.63, 3.8) is 0 Å². The van der Waals surface area contributed by atoms with Crippen LogP contribution in [-0.2, 0) is 30.8 Å². The zero-order chi connectivity index (χ0) is 22.4. The number of benzene rings is 1. The average Bonchev–Trinajstić information content (AvgIpc) is 3.25. The van der Waals surface area contributed by atoms with Crippen LogP contribution in [0.1, 0.15) is 17.7 Å². The van der Waals surface area contributed by atoms with Gasteiger partial charge in [-0.1, -0.05) is 0 Å². The van der Waals surface area contributed by atoms with Gasteiger partial charge in [0.05, 0.1) is 24.3 Å². The van der Waals surface area contributed by atoms with Gasteiger partial charge in [-0.3, -0.25) is 9.59 Å².